The molecule has 7 nitrogen and oxygen atoms in total. The van der Waals surface area contributed by atoms with E-state index in [1.165, 1.54) is 11.3 Å². The third-order valence-electron chi connectivity index (χ3n) is 3.59. The number of hydrogen-bond donors (Lipinski definition) is 0. The van der Waals surface area contributed by atoms with Crippen LogP contribution >= 0.6 is 11.3 Å². The number of thiazole rings is 1. The van der Waals surface area contributed by atoms with E-state index in [2.05, 4.69) is 15.1 Å². The maximum Gasteiger partial charge on any atom is 0.242 e. The Hall–Kier alpha value is -2.26. The van der Waals surface area contributed by atoms with Gasteiger partial charge in [-0.2, -0.15) is 4.98 Å². The molecule has 0 saturated heterocycles. The maximum atomic E-state index is 12.4. The average molecular weight is 393 g/mol. The molecule has 0 saturated carbocycles. The number of rotatable bonds is 7. The van der Waals surface area contributed by atoms with Crippen LogP contribution < -0.4 is 4.74 Å². The Bertz CT molecular complexity index is 993. The molecule has 0 aliphatic rings. The predicted molar refractivity (Wildman–Crippen MR) is 98.8 cm³/mol. The average Bonchev–Trinajstić information content (AvgIpc) is 3.23. The summed E-state index contributed by atoms with van der Waals surface area (Å²) in [7, 11) is -1.92. The summed E-state index contributed by atoms with van der Waals surface area (Å²) in [6.07, 6.45) is 0. The van der Waals surface area contributed by atoms with Crippen molar-refractivity contribution in [2.45, 2.75) is 31.3 Å². The van der Waals surface area contributed by atoms with Gasteiger partial charge in [0.05, 0.1) is 29.1 Å². The molecule has 0 amide bonds. The van der Waals surface area contributed by atoms with Crippen molar-refractivity contribution < 1.29 is 17.7 Å². The number of aromatic nitrogens is 3. The normalized spacial score (nSPS) is 11.8. The molecule has 0 radical (unpaired) electrons. The molecule has 2 heterocycles. The van der Waals surface area contributed by atoms with Gasteiger partial charge < -0.3 is 9.26 Å². The molecule has 0 atom stereocenters. The highest BCUT2D eigenvalue weighted by atomic mass is 32.2. The molecule has 3 rings (SSSR count). The first-order valence-electron chi connectivity index (χ1n) is 7.98. The van der Waals surface area contributed by atoms with Crippen molar-refractivity contribution in [1.82, 2.24) is 15.1 Å². The van der Waals surface area contributed by atoms with Gasteiger partial charge in [0, 0.05) is 11.3 Å². The van der Waals surface area contributed by atoms with Gasteiger partial charge in [0.2, 0.25) is 11.7 Å². The predicted octanol–water partition coefficient (Wildman–Crippen LogP) is 3.44. The highest BCUT2D eigenvalue weighted by Crippen LogP contribution is 2.27. The molecule has 0 unspecified atom stereocenters. The van der Waals surface area contributed by atoms with E-state index < -0.39 is 9.84 Å². The van der Waals surface area contributed by atoms with Crippen LogP contribution in [0.1, 0.15) is 36.4 Å². The van der Waals surface area contributed by atoms with Gasteiger partial charge in [-0.25, -0.2) is 13.4 Å². The second kappa shape index (κ2) is 7.55. The molecular formula is C17H19N3O4S2. The van der Waals surface area contributed by atoms with Gasteiger partial charge in [-0.15, -0.1) is 11.3 Å². The fraction of sp³-hybridized carbons (Fsp3) is 0.353. The van der Waals surface area contributed by atoms with Crippen LogP contribution in [-0.2, 0) is 21.3 Å². The number of ether oxygens (including phenoxy) is 1. The van der Waals surface area contributed by atoms with E-state index in [-0.39, 0.29) is 23.3 Å². The number of methoxy groups -OCH3 is 1. The van der Waals surface area contributed by atoms with E-state index in [9.17, 15) is 8.42 Å². The maximum absolute atomic E-state index is 12.4. The van der Waals surface area contributed by atoms with Crippen LogP contribution in [0.2, 0.25) is 0 Å². The smallest absolute Gasteiger partial charge is 0.242 e. The second-order valence-electron chi connectivity index (χ2n) is 6.08. The number of para-hydroxylation sites is 1. The Balaban J connectivity index is 1.75. The number of nitrogens with zero attached hydrogens (tertiary/aromatic N) is 3. The molecule has 9 heteroatoms. The number of sulfone groups is 1. The van der Waals surface area contributed by atoms with Crippen LogP contribution in [0.4, 0.5) is 0 Å². The zero-order valence-corrected chi connectivity index (χ0v) is 16.3. The second-order valence-corrected chi connectivity index (χ2v) is 9.03. The van der Waals surface area contributed by atoms with Gasteiger partial charge in [0.15, 0.2) is 9.84 Å². The summed E-state index contributed by atoms with van der Waals surface area (Å²) in [4.78, 5) is 8.56. The molecular weight excluding hydrogens is 374 g/mol. The highest BCUT2D eigenvalue weighted by Gasteiger charge is 2.21. The van der Waals surface area contributed by atoms with E-state index >= 15 is 0 Å². The minimum atomic E-state index is -3.47. The van der Waals surface area contributed by atoms with Crippen molar-refractivity contribution in [2.24, 2.45) is 0 Å². The summed E-state index contributed by atoms with van der Waals surface area (Å²) >= 11 is 1.47. The summed E-state index contributed by atoms with van der Waals surface area (Å²) in [6.45, 7) is 4.05. The van der Waals surface area contributed by atoms with E-state index in [0.29, 0.717) is 22.8 Å². The largest absolute Gasteiger partial charge is 0.496 e. The topological polar surface area (TPSA) is 95.2 Å². The minimum Gasteiger partial charge on any atom is -0.496 e. The van der Waals surface area contributed by atoms with Gasteiger partial charge in [0.25, 0.3) is 0 Å². The molecule has 0 bridgehead atoms. The van der Waals surface area contributed by atoms with Gasteiger partial charge in [-0.05, 0) is 12.1 Å². The summed E-state index contributed by atoms with van der Waals surface area (Å²) in [5, 5.41) is 6.57. The molecule has 0 fully saturated rings. The van der Waals surface area contributed by atoms with Crippen LogP contribution in [0.25, 0.3) is 11.4 Å². The molecule has 1 aromatic carbocycles. The standard InChI is InChI=1S/C17H19N3O4S2/c1-11(2)17-18-12(8-25-17)9-26(21,22)10-15-19-16(20-24-15)13-6-4-5-7-14(13)23-3/h4-8,11H,9-10H2,1-3H3. The Morgan fingerprint density at radius 2 is 1.96 bits per heavy atom. The van der Waals surface area contributed by atoms with Crippen molar-refractivity contribution in [3.05, 3.63) is 46.2 Å². The monoisotopic (exact) mass is 393 g/mol. The molecule has 0 aliphatic carbocycles. The minimum absolute atomic E-state index is 0.0465. The van der Waals surface area contributed by atoms with E-state index in [1.54, 1.807) is 24.6 Å². The first-order valence-corrected chi connectivity index (χ1v) is 10.7. The molecule has 3 aromatic rings. The lowest BCUT2D eigenvalue weighted by molar-refractivity contribution is 0.388. The van der Waals surface area contributed by atoms with Crippen molar-refractivity contribution in [1.29, 1.82) is 0 Å². The number of benzene rings is 1. The summed E-state index contributed by atoms with van der Waals surface area (Å²) in [5.41, 5.74) is 1.19. The van der Waals surface area contributed by atoms with Gasteiger partial charge in [0.1, 0.15) is 11.5 Å². The Labute approximate surface area is 156 Å². The fourth-order valence-electron chi connectivity index (χ4n) is 2.37. The Kier molecular flexibility index (Phi) is 5.38. The van der Waals surface area contributed by atoms with Crippen LogP contribution in [0.3, 0.4) is 0 Å². The summed E-state index contributed by atoms with van der Waals surface area (Å²) in [6, 6.07) is 7.20. The Morgan fingerprint density at radius 1 is 1.19 bits per heavy atom. The molecule has 26 heavy (non-hydrogen) atoms. The van der Waals surface area contributed by atoms with Crippen molar-refractivity contribution in [2.75, 3.05) is 7.11 Å². The molecule has 0 aliphatic heterocycles. The van der Waals surface area contributed by atoms with Crippen LogP contribution in [0.15, 0.2) is 34.2 Å². The molecule has 2 aromatic heterocycles. The first kappa shape index (κ1) is 18.5. The van der Waals surface area contributed by atoms with E-state index in [0.717, 1.165) is 5.01 Å². The SMILES string of the molecule is COc1ccccc1-c1noc(CS(=O)(=O)Cc2csc(C(C)C)n2)n1. The van der Waals surface area contributed by atoms with Crippen molar-refractivity contribution >= 4 is 21.2 Å². The van der Waals surface area contributed by atoms with E-state index in [1.807, 2.05) is 26.0 Å². The third-order valence-corrected chi connectivity index (χ3v) is 6.21. The zero-order chi connectivity index (χ0) is 18.7. The zero-order valence-electron chi connectivity index (χ0n) is 14.7. The van der Waals surface area contributed by atoms with Crippen LogP contribution in [-0.4, -0.2) is 30.7 Å². The first-order chi connectivity index (χ1) is 12.4. The lowest BCUT2D eigenvalue weighted by atomic mass is 10.2. The summed E-state index contributed by atoms with van der Waals surface area (Å²) in [5.74, 6) is 0.725. The van der Waals surface area contributed by atoms with Gasteiger partial charge in [-0.1, -0.05) is 31.1 Å². The van der Waals surface area contributed by atoms with Gasteiger partial charge >= 0.3 is 0 Å². The highest BCUT2D eigenvalue weighted by molar-refractivity contribution is 7.89. The van der Waals surface area contributed by atoms with Crippen LogP contribution in [0, 0.1) is 0 Å². The lowest BCUT2D eigenvalue weighted by Crippen LogP contribution is -2.08. The summed E-state index contributed by atoms with van der Waals surface area (Å²) < 4.78 is 35.2. The third kappa shape index (κ3) is 4.28. The molecule has 0 spiro atoms. The van der Waals surface area contributed by atoms with E-state index in [4.69, 9.17) is 9.26 Å². The van der Waals surface area contributed by atoms with Crippen LogP contribution in [0.5, 0.6) is 5.75 Å². The Morgan fingerprint density at radius 3 is 2.65 bits per heavy atom. The molecule has 0 N–H and O–H groups in total. The quantitative estimate of drug-likeness (QED) is 0.607. The fourth-order valence-corrected chi connectivity index (χ4v) is 4.51. The number of hydrogen-bond acceptors (Lipinski definition) is 8. The van der Waals surface area contributed by atoms with Crippen molar-refractivity contribution in [3.63, 3.8) is 0 Å². The van der Waals surface area contributed by atoms with Crippen molar-refractivity contribution in [3.8, 4) is 17.1 Å². The lowest BCUT2D eigenvalue weighted by Gasteiger charge is -2.03. The molecule has 138 valence electrons. The van der Waals surface area contributed by atoms with Gasteiger partial charge in [-0.3, -0.25) is 0 Å².